The van der Waals surface area contributed by atoms with E-state index in [1.54, 1.807) is 4.90 Å². The zero-order valence-electron chi connectivity index (χ0n) is 17.4. The van der Waals surface area contributed by atoms with E-state index in [0.29, 0.717) is 36.6 Å². The molecule has 2 aromatic rings. The number of amides is 2. The van der Waals surface area contributed by atoms with Gasteiger partial charge in [-0.3, -0.25) is 9.59 Å². The first-order valence-corrected chi connectivity index (χ1v) is 11.2. The number of piperidine rings is 1. The van der Waals surface area contributed by atoms with E-state index in [4.69, 9.17) is 16.3 Å². The number of rotatable bonds is 5. The summed E-state index contributed by atoms with van der Waals surface area (Å²) in [6.45, 7) is 3.40. The number of likely N-dealkylation sites (tertiary alicyclic amines) is 2. The fourth-order valence-corrected chi connectivity index (χ4v) is 4.39. The van der Waals surface area contributed by atoms with E-state index in [9.17, 15) is 14.0 Å². The Morgan fingerprint density at radius 1 is 0.935 bits per heavy atom. The lowest BCUT2D eigenvalue weighted by Gasteiger charge is -2.32. The predicted octanol–water partition coefficient (Wildman–Crippen LogP) is 4.65. The van der Waals surface area contributed by atoms with Gasteiger partial charge in [0.15, 0.2) is 0 Å². The molecule has 4 rings (SSSR count). The van der Waals surface area contributed by atoms with Gasteiger partial charge in [0.2, 0.25) is 0 Å². The van der Waals surface area contributed by atoms with Gasteiger partial charge in [0.05, 0.1) is 11.6 Å². The van der Waals surface area contributed by atoms with Crippen molar-refractivity contribution in [1.29, 1.82) is 0 Å². The van der Waals surface area contributed by atoms with Crippen LogP contribution in [0, 0.1) is 11.7 Å². The van der Waals surface area contributed by atoms with Crippen molar-refractivity contribution in [3.63, 3.8) is 0 Å². The Morgan fingerprint density at radius 2 is 1.58 bits per heavy atom. The van der Waals surface area contributed by atoms with Crippen LogP contribution in [0.4, 0.5) is 4.39 Å². The Balaban J connectivity index is 1.31. The highest BCUT2D eigenvalue weighted by molar-refractivity contribution is 6.31. The highest BCUT2D eigenvalue weighted by Crippen LogP contribution is 2.23. The minimum atomic E-state index is -0.531. The second-order valence-corrected chi connectivity index (χ2v) is 8.63. The first kappa shape index (κ1) is 21.6. The average molecular weight is 445 g/mol. The lowest BCUT2D eigenvalue weighted by atomic mass is 9.98. The Kier molecular flexibility index (Phi) is 6.76. The normalized spacial score (nSPS) is 18.8. The summed E-state index contributed by atoms with van der Waals surface area (Å²) in [5, 5.41) is -0.0468. The maximum atomic E-state index is 13.4. The Labute approximate surface area is 186 Å². The molecule has 2 aromatic carbocycles. The highest BCUT2D eigenvalue weighted by Gasteiger charge is 2.25. The zero-order valence-corrected chi connectivity index (χ0v) is 18.1. The summed E-state index contributed by atoms with van der Waals surface area (Å²) in [6.07, 6.45) is 4.00. The SMILES string of the molecule is O=C(c1ccc(OC[C@@H]2CCCN(C(=O)c3ccc(F)c(Cl)c3)C2)cc1)N1CCCC1. The number of halogens is 2. The van der Waals surface area contributed by atoms with Gasteiger partial charge in [-0.25, -0.2) is 4.39 Å². The van der Waals surface area contributed by atoms with Crippen molar-refractivity contribution in [2.24, 2.45) is 5.92 Å². The van der Waals surface area contributed by atoms with Gasteiger partial charge in [-0.2, -0.15) is 0 Å². The molecule has 2 heterocycles. The second-order valence-electron chi connectivity index (χ2n) is 8.22. The molecule has 0 saturated carbocycles. The molecule has 2 saturated heterocycles. The Bertz CT molecular complexity index is 944. The highest BCUT2D eigenvalue weighted by atomic mass is 35.5. The van der Waals surface area contributed by atoms with Crippen LogP contribution < -0.4 is 4.74 Å². The van der Waals surface area contributed by atoms with E-state index >= 15 is 0 Å². The van der Waals surface area contributed by atoms with Crippen LogP contribution in [0.2, 0.25) is 5.02 Å². The van der Waals surface area contributed by atoms with Crippen LogP contribution in [0.5, 0.6) is 5.75 Å². The molecule has 0 bridgehead atoms. The molecule has 0 radical (unpaired) electrons. The van der Waals surface area contributed by atoms with Gasteiger partial charge in [-0.15, -0.1) is 0 Å². The maximum absolute atomic E-state index is 13.4. The molecule has 164 valence electrons. The number of carbonyl (C=O) groups is 2. The zero-order chi connectivity index (χ0) is 21.8. The van der Waals surface area contributed by atoms with Crippen molar-refractivity contribution >= 4 is 23.4 Å². The summed E-state index contributed by atoms with van der Waals surface area (Å²) in [4.78, 5) is 28.9. The quantitative estimate of drug-likeness (QED) is 0.674. The fourth-order valence-electron chi connectivity index (χ4n) is 4.21. The summed E-state index contributed by atoms with van der Waals surface area (Å²) < 4.78 is 19.3. The lowest BCUT2D eigenvalue weighted by Crippen LogP contribution is -2.41. The number of nitrogens with zero attached hydrogens (tertiary/aromatic N) is 2. The molecule has 2 amide bonds. The summed E-state index contributed by atoms with van der Waals surface area (Å²) in [6, 6.07) is 11.3. The minimum Gasteiger partial charge on any atom is -0.493 e. The van der Waals surface area contributed by atoms with Crippen LogP contribution in [-0.2, 0) is 0 Å². The third-order valence-corrected chi connectivity index (χ3v) is 6.24. The largest absolute Gasteiger partial charge is 0.493 e. The van der Waals surface area contributed by atoms with Crippen molar-refractivity contribution in [2.45, 2.75) is 25.7 Å². The van der Waals surface area contributed by atoms with E-state index in [0.717, 1.165) is 38.8 Å². The summed E-state index contributed by atoms with van der Waals surface area (Å²) >= 11 is 5.82. The molecule has 0 aliphatic carbocycles. The van der Waals surface area contributed by atoms with Crippen molar-refractivity contribution in [3.05, 3.63) is 64.4 Å². The lowest BCUT2D eigenvalue weighted by molar-refractivity contribution is 0.0633. The summed E-state index contributed by atoms with van der Waals surface area (Å²) in [5.74, 6) is 0.324. The maximum Gasteiger partial charge on any atom is 0.253 e. The van der Waals surface area contributed by atoms with Crippen molar-refractivity contribution in [2.75, 3.05) is 32.8 Å². The smallest absolute Gasteiger partial charge is 0.253 e. The molecule has 2 fully saturated rings. The molecule has 0 spiro atoms. The van der Waals surface area contributed by atoms with E-state index in [1.807, 2.05) is 29.2 Å². The molecule has 5 nitrogen and oxygen atoms in total. The van der Waals surface area contributed by atoms with E-state index in [-0.39, 0.29) is 22.8 Å². The molecule has 1 atom stereocenters. The fraction of sp³-hybridized carbons (Fsp3) is 0.417. The van der Waals surface area contributed by atoms with Gasteiger partial charge < -0.3 is 14.5 Å². The monoisotopic (exact) mass is 444 g/mol. The van der Waals surface area contributed by atoms with Crippen LogP contribution in [0.15, 0.2) is 42.5 Å². The van der Waals surface area contributed by atoms with Crippen LogP contribution in [0.25, 0.3) is 0 Å². The number of hydrogen-bond donors (Lipinski definition) is 0. The molecule has 2 aliphatic heterocycles. The number of benzene rings is 2. The third-order valence-electron chi connectivity index (χ3n) is 5.95. The van der Waals surface area contributed by atoms with Crippen LogP contribution in [0.3, 0.4) is 0 Å². The Hall–Kier alpha value is -2.60. The van der Waals surface area contributed by atoms with Gasteiger partial charge in [-0.05, 0) is 68.1 Å². The summed E-state index contributed by atoms with van der Waals surface area (Å²) in [5.41, 5.74) is 1.08. The first-order valence-electron chi connectivity index (χ1n) is 10.8. The van der Waals surface area contributed by atoms with Crippen LogP contribution >= 0.6 is 11.6 Å². The van der Waals surface area contributed by atoms with Crippen LogP contribution in [-0.4, -0.2) is 54.4 Å². The molecule has 0 aromatic heterocycles. The summed E-state index contributed by atoms with van der Waals surface area (Å²) in [7, 11) is 0. The molecule has 0 unspecified atom stereocenters. The van der Waals surface area contributed by atoms with E-state index in [2.05, 4.69) is 0 Å². The third kappa shape index (κ3) is 5.18. The number of carbonyl (C=O) groups excluding carboxylic acids is 2. The van der Waals surface area contributed by atoms with Gasteiger partial charge in [0.1, 0.15) is 11.6 Å². The van der Waals surface area contributed by atoms with Gasteiger partial charge in [0.25, 0.3) is 11.8 Å². The van der Waals surface area contributed by atoms with Crippen molar-refractivity contribution < 1.29 is 18.7 Å². The van der Waals surface area contributed by atoms with Crippen LogP contribution in [0.1, 0.15) is 46.4 Å². The molecule has 7 heteroatoms. The van der Waals surface area contributed by atoms with Gasteiger partial charge in [-0.1, -0.05) is 11.6 Å². The second kappa shape index (κ2) is 9.69. The average Bonchev–Trinajstić information content (AvgIpc) is 3.34. The molecule has 0 N–H and O–H groups in total. The topological polar surface area (TPSA) is 49.9 Å². The molecular formula is C24H26ClFN2O3. The predicted molar refractivity (Wildman–Crippen MR) is 117 cm³/mol. The number of hydrogen-bond acceptors (Lipinski definition) is 3. The molecule has 2 aliphatic rings. The Morgan fingerprint density at radius 3 is 2.29 bits per heavy atom. The molecule has 31 heavy (non-hydrogen) atoms. The van der Waals surface area contributed by atoms with Crippen molar-refractivity contribution in [1.82, 2.24) is 9.80 Å². The minimum absolute atomic E-state index is 0.0468. The van der Waals surface area contributed by atoms with Gasteiger partial charge in [0, 0.05) is 43.2 Å². The molecular weight excluding hydrogens is 419 g/mol. The van der Waals surface area contributed by atoms with E-state index < -0.39 is 5.82 Å². The van der Waals surface area contributed by atoms with E-state index in [1.165, 1.54) is 18.2 Å². The van der Waals surface area contributed by atoms with Gasteiger partial charge >= 0.3 is 0 Å². The van der Waals surface area contributed by atoms with Crippen molar-refractivity contribution in [3.8, 4) is 5.75 Å². The first-order chi connectivity index (χ1) is 15.0. The standard InChI is InChI=1S/C24H26ClFN2O3/c25-21-14-19(7-10-22(21)26)24(30)28-13-3-4-17(15-28)16-31-20-8-5-18(6-9-20)23(29)27-11-1-2-12-27/h5-10,14,17H,1-4,11-13,15-16H2/t17-/m1/s1. The number of ether oxygens (including phenoxy) is 1.